The number of nitrogens with one attached hydrogen (secondary N) is 1. The van der Waals surface area contributed by atoms with Crippen molar-refractivity contribution in [1.29, 1.82) is 0 Å². The highest BCUT2D eigenvalue weighted by Crippen LogP contribution is 2.15. The number of nitrogens with zero attached hydrogens (tertiary/aromatic N) is 3. The van der Waals surface area contributed by atoms with E-state index in [1.54, 1.807) is 6.20 Å². The Bertz CT molecular complexity index is 346. The number of likely N-dealkylation sites (tertiary alicyclic amines) is 1. The Morgan fingerprint density at radius 3 is 2.71 bits per heavy atom. The maximum Gasteiger partial charge on any atom is 0.242 e. The van der Waals surface area contributed by atoms with Crippen molar-refractivity contribution in [3.63, 3.8) is 0 Å². The second kappa shape index (κ2) is 6.07. The SMILES string of the molecule is C[C@@H](C(=O)Nc1cnns1)N1CCCCCC1. The molecule has 1 aromatic rings. The minimum atomic E-state index is -0.0739. The van der Waals surface area contributed by atoms with Crippen molar-refractivity contribution in [2.75, 3.05) is 18.4 Å². The molecule has 1 saturated heterocycles. The molecule has 2 rings (SSSR count). The minimum Gasteiger partial charge on any atom is -0.314 e. The molecule has 0 aliphatic carbocycles. The highest BCUT2D eigenvalue weighted by atomic mass is 32.1. The summed E-state index contributed by atoms with van der Waals surface area (Å²) in [6.07, 6.45) is 6.53. The lowest BCUT2D eigenvalue weighted by atomic mass is 10.2. The lowest BCUT2D eigenvalue weighted by Crippen LogP contribution is -2.42. The van der Waals surface area contributed by atoms with Crippen LogP contribution >= 0.6 is 11.5 Å². The normalized spacial score (nSPS) is 19.6. The van der Waals surface area contributed by atoms with E-state index in [0.717, 1.165) is 18.1 Å². The molecule has 0 aromatic carbocycles. The van der Waals surface area contributed by atoms with Crippen molar-refractivity contribution in [2.45, 2.75) is 38.6 Å². The predicted molar refractivity (Wildman–Crippen MR) is 68.0 cm³/mol. The Hall–Kier alpha value is -1.01. The molecule has 6 heteroatoms. The highest BCUT2D eigenvalue weighted by molar-refractivity contribution is 7.10. The third-order valence-electron chi connectivity index (χ3n) is 3.18. The van der Waals surface area contributed by atoms with Gasteiger partial charge in [0.2, 0.25) is 5.91 Å². The first-order chi connectivity index (χ1) is 8.27. The summed E-state index contributed by atoms with van der Waals surface area (Å²) in [4.78, 5) is 14.3. The Labute approximate surface area is 105 Å². The van der Waals surface area contributed by atoms with Gasteiger partial charge in [-0.15, -0.1) is 5.10 Å². The van der Waals surface area contributed by atoms with E-state index in [0.29, 0.717) is 0 Å². The molecule has 1 fully saturated rings. The molecule has 0 radical (unpaired) electrons. The van der Waals surface area contributed by atoms with Gasteiger partial charge in [-0.2, -0.15) is 0 Å². The van der Waals surface area contributed by atoms with Gasteiger partial charge in [-0.25, -0.2) is 0 Å². The van der Waals surface area contributed by atoms with E-state index in [1.165, 1.54) is 37.2 Å². The largest absolute Gasteiger partial charge is 0.314 e. The van der Waals surface area contributed by atoms with E-state index in [1.807, 2.05) is 6.92 Å². The number of hydrogen-bond donors (Lipinski definition) is 1. The molecule has 2 heterocycles. The summed E-state index contributed by atoms with van der Waals surface area (Å²) in [5.41, 5.74) is 0. The molecule has 0 unspecified atom stereocenters. The van der Waals surface area contributed by atoms with Crippen LogP contribution in [0.1, 0.15) is 32.6 Å². The number of aromatic nitrogens is 2. The van der Waals surface area contributed by atoms with Crippen LogP contribution in [0.5, 0.6) is 0 Å². The summed E-state index contributed by atoms with van der Waals surface area (Å²) >= 11 is 1.21. The third kappa shape index (κ3) is 3.47. The topological polar surface area (TPSA) is 58.1 Å². The number of anilines is 1. The number of carbonyl (C=O) groups excluding carboxylic acids is 1. The fourth-order valence-corrected chi connectivity index (χ4v) is 2.52. The van der Waals surface area contributed by atoms with Gasteiger partial charge in [0.1, 0.15) is 5.00 Å². The van der Waals surface area contributed by atoms with Crippen LogP contribution in [-0.2, 0) is 4.79 Å². The first-order valence-corrected chi connectivity index (χ1v) is 6.87. The molecule has 1 amide bonds. The van der Waals surface area contributed by atoms with Crippen LogP contribution in [-0.4, -0.2) is 39.5 Å². The van der Waals surface area contributed by atoms with Crippen LogP contribution < -0.4 is 5.32 Å². The van der Waals surface area contributed by atoms with Gasteiger partial charge in [0.25, 0.3) is 0 Å². The summed E-state index contributed by atoms with van der Waals surface area (Å²) in [6, 6.07) is -0.0739. The Morgan fingerprint density at radius 1 is 1.41 bits per heavy atom. The average molecular weight is 254 g/mol. The van der Waals surface area contributed by atoms with Gasteiger partial charge in [0.15, 0.2) is 0 Å². The summed E-state index contributed by atoms with van der Waals surface area (Å²) in [6.45, 7) is 4.01. The zero-order chi connectivity index (χ0) is 12.1. The van der Waals surface area contributed by atoms with Crippen molar-refractivity contribution in [3.05, 3.63) is 6.20 Å². The lowest BCUT2D eigenvalue weighted by Gasteiger charge is -2.26. The standard InChI is InChI=1S/C11H18N4OS/c1-9(15-6-4-2-3-5-7-15)11(16)13-10-8-12-14-17-10/h8-9H,2-7H2,1H3,(H,13,16)/t9-/m0/s1. The van der Waals surface area contributed by atoms with E-state index < -0.39 is 0 Å². The molecule has 1 aliphatic rings. The van der Waals surface area contributed by atoms with Gasteiger partial charge < -0.3 is 5.32 Å². The van der Waals surface area contributed by atoms with Gasteiger partial charge >= 0.3 is 0 Å². The molecule has 94 valence electrons. The molecule has 0 spiro atoms. The fourth-order valence-electron chi connectivity index (χ4n) is 2.10. The average Bonchev–Trinajstić information content (AvgIpc) is 2.68. The van der Waals surface area contributed by atoms with Gasteiger partial charge in [0, 0.05) is 11.5 Å². The van der Waals surface area contributed by atoms with Crippen LogP contribution in [0.2, 0.25) is 0 Å². The van der Waals surface area contributed by atoms with E-state index >= 15 is 0 Å². The second-order valence-electron chi connectivity index (χ2n) is 4.40. The van der Waals surface area contributed by atoms with Crippen molar-refractivity contribution in [1.82, 2.24) is 14.5 Å². The zero-order valence-electron chi connectivity index (χ0n) is 10.1. The van der Waals surface area contributed by atoms with E-state index in [-0.39, 0.29) is 11.9 Å². The molecule has 1 aliphatic heterocycles. The smallest absolute Gasteiger partial charge is 0.242 e. The molecular formula is C11H18N4OS. The van der Waals surface area contributed by atoms with Crippen molar-refractivity contribution in [2.24, 2.45) is 0 Å². The van der Waals surface area contributed by atoms with E-state index in [4.69, 9.17) is 0 Å². The summed E-state index contributed by atoms with van der Waals surface area (Å²) in [7, 11) is 0. The third-order valence-corrected chi connectivity index (χ3v) is 3.76. The molecule has 1 atom stereocenters. The van der Waals surface area contributed by atoms with Crippen LogP contribution in [0.3, 0.4) is 0 Å². The molecule has 1 N–H and O–H groups in total. The van der Waals surface area contributed by atoms with Gasteiger partial charge in [-0.05, 0) is 32.9 Å². The monoisotopic (exact) mass is 254 g/mol. The van der Waals surface area contributed by atoms with Crippen LogP contribution in [0.4, 0.5) is 5.00 Å². The lowest BCUT2D eigenvalue weighted by molar-refractivity contribution is -0.120. The number of amides is 1. The Morgan fingerprint density at radius 2 is 2.12 bits per heavy atom. The number of rotatable bonds is 3. The van der Waals surface area contributed by atoms with Crippen molar-refractivity contribution in [3.8, 4) is 0 Å². The fraction of sp³-hybridized carbons (Fsp3) is 0.727. The second-order valence-corrected chi connectivity index (χ2v) is 5.18. The van der Waals surface area contributed by atoms with Crippen LogP contribution in [0.15, 0.2) is 6.20 Å². The maximum atomic E-state index is 12.0. The first kappa shape index (κ1) is 12.4. The molecule has 5 nitrogen and oxygen atoms in total. The Balaban J connectivity index is 1.89. The van der Waals surface area contributed by atoms with Gasteiger partial charge in [0.05, 0.1) is 12.2 Å². The summed E-state index contributed by atoms with van der Waals surface area (Å²) < 4.78 is 3.73. The molecule has 17 heavy (non-hydrogen) atoms. The van der Waals surface area contributed by atoms with E-state index in [2.05, 4.69) is 19.8 Å². The van der Waals surface area contributed by atoms with Gasteiger partial charge in [-0.1, -0.05) is 17.3 Å². The number of carbonyl (C=O) groups is 1. The maximum absolute atomic E-state index is 12.0. The quantitative estimate of drug-likeness (QED) is 0.892. The minimum absolute atomic E-state index is 0.0398. The van der Waals surface area contributed by atoms with Crippen molar-refractivity contribution >= 4 is 22.4 Å². The number of hydrogen-bond acceptors (Lipinski definition) is 5. The first-order valence-electron chi connectivity index (χ1n) is 6.09. The van der Waals surface area contributed by atoms with Gasteiger partial charge in [-0.3, -0.25) is 9.69 Å². The molecule has 0 bridgehead atoms. The van der Waals surface area contributed by atoms with Crippen LogP contribution in [0.25, 0.3) is 0 Å². The molecular weight excluding hydrogens is 236 g/mol. The zero-order valence-corrected chi connectivity index (χ0v) is 10.9. The summed E-state index contributed by atoms with van der Waals surface area (Å²) in [5, 5.41) is 7.27. The molecule has 1 aromatic heterocycles. The summed E-state index contributed by atoms with van der Waals surface area (Å²) in [5.74, 6) is 0.0398. The molecule has 0 saturated carbocycles. The van der Waals surface area contributed by atoms with Crippen LogP contribution in [0, 0.1) is 0 Å². The van der Waals surface area contributed by atoms with E-state index in [9.17, 15) is 4.79 Å². The highest BCUT2D eigenvalue weighted by Gasteiger charge is 2.22. The predicted octanol–water partition coefficient (Wildman–Crippen LogP) is 1.74. The Kier molecular flexibility index (Phi) is 4.44. The van der Waals surface area contributed by atoms with Crippen molar-refractivity contribution < 1.29 is 4.79 Å².